The van der Waals surface area contributed by atoms with E-state index in [2.05, 4.69) is 31.3 Å². The number of anilines is 1. The Morgan fingerprint density at radius 2 is 2.09 bits per heavy atom. The van der Waals surface area contributed by atoms with Gasteiger partial charge in [-0.25, -0.2) is 4.98 Å². The molecule has 3 aromatic rings. The summed E-state index contributed by atoms with van der Waals surface area (Å²) in [5, 5.41) is 8.19. The zero-order valence-electron chi connectivity index (χ0n) is 13.5. The van der Waals surface area contributed by atoms with Crippen LogP contribution in [0.1, 0.15) is 36.1 Å². The number of halogens is 1. The maximum Gasteiger partial charge on any atom is 0.272 e. The number of carbonyl (C=O) groups is 1. The molecule has 3 heterocycles. The monoisotopic (exact) mass is 375 g/mol. The Balaban J connectivity index is 1.93. The maximum atomic E-state index is 12.6. The molecule has 0 aliphatic carbocycles. The molecule has 0 saturated heterocycles. The number of pyridine rings is 1. The number of hydrogen-bond acceptors (Lipinski definition) is 3. The summed E-state index contributed by atoms with van der Waals surface area (Å²) in [7, 11) is 1.85. The van der Waals surface area contributed by atoms with Crippen LogP contribution in [0, 0.1) is 6.92 Å². The third kappa shape index (κ3) is 2.88. The second-order valence-corrected chi connectivity index (χ2v) is 6.72. The van der Waals surface area contributed by atoms with E-state index in [-0.39, 0.29) is 11.9 Å². The van der Waals surface area contributed by atoms with Crippen LogP contribution in [0.5, 0.6) is 0 Å². The predicted molar refractivity (Wildman–Crippen MR) is 93.7 cm³/mol. The second kappa shape index (κ2) is 5.81. The molecule has 0 aliphatic heterocycles. The molecule has 7 heteroatoms. The molecule has 120 valence electrons. The number of hydrogen-bond donors (Lipinski definition) is 1. The standard InChI is InChI=1S/C16H18BrN5O/c1-9(2)22-8-11(17)5-14(22)16(23)19-12-6-13-10(3)20-21(4)15(13)18-7-12/h5-9H,1-4H3,(H,19,23). The molecule has 0 aliphatic rings. The zero-order valence-corrected chi connectivity index (χ0v) is 15.0. The van der Waals surface area contributed by atoms with Gasteiger partial charge in [0.15, 0.2) is 5.65 Å². The van der Waals surface area contributed by atoms with Crippen molar-refractivity contribution in [2.75, 3.05) is 5.32 Å². The highest BCUT2D eigenvalue weighted by molar-refractivity contribution is 9.10. The molecule has 23 heavy (non-hydrogen) atoms. The number of rotatable bonds is 3. The molecule has 0 atom stereocenters. The Bertz CT molecular complexity index is 893. The average Bonchev–Trinajstić information content (AvgIpc) is 3.00. The highest BCUT2D eigenvalue weighted by atomic mass is 79.9. The highest BCUT2D eigenvalue weighted by Crippen LogP contribution is 2.22. The van der Waals surface area contributed by atoms with Gasteiger partial charge in [-0.05, 0) is 48.8 Å². The van der Waals surface area contributed by atoms with E-state index >= 15 is 0 Å². The van der Waals surface area contributed by atoms with Crippen LogP contribution < -0.4 is 5.32 Å². The number of nitrogens with zero attached hydrogens (tertiary/aromatic N) is 4. The summed E-state index contributed by atoms with van der Waals surface area (Å²) in [6, 6.07) is 3.92. The minimum Gasteiger partial charge on any atom is -0.340 e. The second-order valence-electron chi connectivity index (χ2n) is 5.80. The summed E-state index contributed by atoms with van der Waals surface area (Å²) >= 11 is 3.43. The minimum absolute atomic E-state index is 0.160. The predicted octanol–water partition coefficient (Wildman–Crippen LogP) is 3.67. The minimum atomic E-state index is -0.160. The summed E-state index contributed by atoms with van der Waals surface area (Å²) in [6.45, 7) is 6.00. The van der Waals surface area contributed by atoms with Crippen molar-refractivity contribution in [1.82, 2.24) is 19.3 Å². The van der Waals surface area contributed by atoms with Gasteiger partial charge in [-0.2, -0.15) is 5.10 Å². The molecule has 0 spiro atoms. The van der Waals surface area contributed by atoms with Crippen LogP contribution >= 0.6 is 15.9 Å². The van der Waals surface area contributed by atoms with Gasteiger partial charge in [0.05, 0.1) is 17.6 Å². The van der Waals surface area contributed by atoms with Gasteiger partial charge >= 0.3 is 0 Å². The first-order chi connectivity index (χ1) is 10.9. The average molecular weight is 376 g/mol. The number of amides is 1. The lowest BCUT2D eigenvalue weighted by Gasteiger charge is -2.12. The van der Waals surface area contributed by atoms with Gasteiger partial charge < -0.3 is 9.88 Å². The molecule has 0 bridgehead atoms. The van der Waals surface area contributed by atoms with Crippen LogP contribution in [0.2, 0.25) is 0 Å². The van der Waals surface area contributed by atoms with Crippen LogP contribution in [-0.4, -0.2) is 25.2 Å². The molecule has 0 aromatic carbocycles. The summed E-state index contributed by atoms with van der Waals surface area (Å²) in [5.41, 5.74) is 2.95. The number of aryl methyl sites for hydroxylation is 2. The maximum absolute atomic E-state index is 12.6. The van der Waals surface area contributed by atoms with Crippen molar-refractivity contribution in [2.45, 2.75) is 26.8 Å². The lowest BCUT2D eigenvalue weighted by molar-refractivity contribution is 0.101. The fourth-order valence-corrected chi connectivity index (χ4v) is 3.06. The van der Waals surface area contributed by atoms with Crippen LogP contribution in [0.25, 0.3) is 11.0 Å². The van der Waals surface area contributed by atoms with E-state index in [9.17, 15) is 4.79 Å². The quantitative estimate of drug-likeness (QED) is 0.759. The van der Waals surface area contributed by atoms with E-state index in [4.69, 9.17) is 0 Å². The third-order valence-corrected chi connectivity index (χ3v) is 4.16. The summed E-state index contributed by atoms with van der Waals surface area (Å²) in [5.74, 6) is -0.160. The first-order valence-corrected chi connectivity index (χ1v) is 8.14. The van der Waals surface area contributed by atoms with Crippen molar-refractivity contribution in [3.8, 4) is 0 Å². The van der Waals surface area contributed by atoms with Crippen LogP contribution in [0.4, 0.5) is 5.69 Å². The van der Waals surface area contributed by atoms with Gasteiger partial charge in [0.2, 0.25) is 0 Å². The van der Waals surface area contributed by atoms with E-state index in [1.165, 1.54) is 0 Å². The van der Waals surface area contributed by atoms with Gasteiger partial charge in [-0.15, -0.1) is 0 Å². The number of aromatic nitrogens is 4. The van der Waals surface area contributed by atoms with Gasteiger partial charge in [-0.3, -0.25) is 9.48 Å². The molecule has 0 fully saturated rings. The first-order valence-electron chi connectivity index (χ1n) is 7.35. The van der Waals surface area contributed by atoms with E-state index in [0.29, 0.717) is 11.4 Å². The normalized spacial score (nSPS) is 11.4. The van der Waals surface area contributed by atoms with E-state index < -0.39 is 0 Å². The van der Waals surface area contributed by atoms with Crippen molar-refractivity contribution in [3.05, 3.63) is 40.4 Å². The van der Waals surface area contributed by atoms with Crippen molar-refractivity contribution < 1.29 is 4.79 Å². The zero-order chi connectivity index (χ0) is 16.7. The largest absolute Gasteiger partial charge is 0.340 e. The SMILES string of the molecule is Cc1nn(C)c2ncc(NC(=O)c3cc(Br)cn3C(C)C)cc12. The van der Waals surface area contributed by atoms with E-state index in [0.717, 1.165) is 21.2 Å². The van der Waals surface area contributed by atoms with Gasteiger partial charge in [0.1, 0.15) is 5.69 Å². The Morgan fingerprint density at radius 3 is 2.78 bits per heavy atom. The van der Waals surface area contributed by atoms with E-state index in [1.54, 1.807) is 10.9 Å². The van der Waals surface area contributed by atoms with Crippen LogP contribution in [0.15, 0.2) is 29.0 Å². The van der Waals surface area contributed by atoms with Gasteiger partial charge in [-0.1, -0.05) is 0 Å². The van der Waals surface area contributed by atoms with Crippen LogP contribution in [-0.2, 0) is 7.05 Å². The topological polar surface area (TPSA) is 64.7 Å². The molecule has 0 saturated carbocycles. The Hall–Kier alpha value is -2.15. The van der Waals surface area contributed by atoms with Crippen LogP contribution in [0.3, 0.4) is 0 Å². The number of nitrogens with one attached hydrogen (secondary N) is 1. The Kier molecular flexibility index (Phi) is 3.97. The molecular weight excluding hydrogens is 358 g/mol. The molecular formula is C16H18BrN5O. The molecule has 1 N–H and O–H groups in total. The molecule has 0 unspecified atom stereocenters. The molecule has 3 rings (SSSR count). The highest BCUT2D eigenvalue weighted by Gasteiger charge is 2.16. The van der Waals surface area contributed by atoms with Crippen molar-refractivity contribution >= 4 is 38.6 Å². The fourth-order valence-electron chi connectivity index (χ4n) is 2.63. The summed E-state index contributed by atoms with van der Waals surface area (Å²) < 4.78 is 4.55. The lowest BCUT2D eigenvalue weighted by Crippen LogP contribution is -2.17. The number of fused-ring (bicyclic) bond motifs is 1. The van der Waals surface area contributed by atoms with Gasteiger partial charge in [0, 0.05) is 29.1 Å². The Morgan fingerprint density at radius 1 is 1.35 bits per heavy atom. The fraction of sp³-hybridized carbons (Fsp3) is 0.312. The third-order valence-electron chi connectivity index (χ3n) is 3.73. The van der Waals surface area contributed by atoms with E-state index in [1.807, 2.05) is 50.7 Å². The molecule has 0 radical (unpaired) electrons. The Labute approximate surface area is 142 Å². The van der Waals surface area contributed by atoms with Gasteiger partial charge in [0.25, 0.3) is 5.91 Å². The first kappa shape index (κ1) is 15.7. The van der Waals surface area contributed by atoms with Crippen molar-refractivity contribution in [3.63, 3.8) is 0 Å². The summed E-state index contributed by atoms with van der Waals surface area (Å²) in [6.07, 6.45) is 3.56. The number of carbonyl (C=O) groups excluding carboxylic acids is 1. The van der Waals surface area contributed by atoms with Crippen molar-refractivity contribution in [1.29, 1.82) is 0 Å². The summed E-state index contributed by atoms with van der Waals surface area (Å²) in [4.78, 5) is 17.0. The molecule has 1 amide bonds. The van der Waals surface area contributed by atoms with Crippen molar-refractivity contribution in [2.24, 2.45) is 7.05 Å². The smallest absolute Gasteiger partial charge is 0.272 e. The lowest BCUT2D eigenvalue weighted by atomic mass is 10.2. The molecule has 6 nitrogen and oxygen atoms in total. The molecule has 3 aromatic heterocycles.